The van der Waals surface area contributed by atoms with Gasteiger partial charge in [-0.25, -0.2) is 29.9 Å². The van der Waals surface area contributed by atoms with E-state index in [1.54, 1.807) is 0 Å². The molecule has 0 saturated heterocycles. The first-order valence-electron chi connectivity index (χ1n) is 43.7. The Hall–Kier alpha value is -9.90. The standard InChI is InChI=1S/C37H54N8O2.C31H44N6.C27H35N5/c1-3-5-10-22-40-33(46)19-24-44(25-20-34(47)41-23-11-9-21-38)26-28-15-17-29(18-16-28)27-45-32(14-6-4-2)43-35-36(45)30-12-7-8-13-31(30)42-37(35)39;1-3-5-10-20-36(21-11-9-19-32)22-24-15-17-25(18-16-24)23-37-28(14-6-4-2)35-29-30(37)26-12-7-8-13-27(26)34-31(29)33;1-3-5-9-17-29-18-20-13-15-21(16-14-20)19-32-24(12-6-4-2)31-25-26(32)22-10-7-8-11-23(22)30-27(25)28/h7-8,12-13,15-18H,3-6,9-11,14,19-27,38H2,1-2H3,(H2,39,42)(H,40,46)(H,41,47);7-8,12-13,15-18H,3-6,9-11,14,19-23,32H2,1-2H3,(H2,33,34);7-8,10-11,13-16,29H,3-6,9,12,17-19H2,1-2H3,(H2,28,30). The highest BCUT2D eigenvalue weighted by Crippen LogP contribution is 2.34. The van der Waals surface area contributed by atoms with Crippen LogP contribution in [0.2, 0.25) is 0 Å². The van der Waals surface area contributed by atoms with E-state index in [2.05, 4.69) is 199 Å². The van der Waals surface area contributed by atoms with Gasteiger partial charge >= 0.3 is 0 Å². The topological polar surface area (TPSA) is 299 Å². The number of unbranched alkanes of at least 4 members (excludes halogenated alkanes) is 11. The highest BCUT2D eigenvalue weighted by molar-refractivity contribution is 6.08. The van der Waals surface area contributed by atoms with E-state index < -0.39 is 0 Å². The molecule has 0 bridgehead atoms. The van der Waals surface area contributed by atoms with Crippen molar-refractivity contribution < 1.29 is 9.59 Å². The average molecular weight is 1570 g/mol. The molecule has 0 fully saturated rings. The lowest BCUT2D eigenvalue weighted by molar-refractivity contribution is -0.121. The van der Waals surface area contributed by atoms with Gasteiger partial charge in [0.1, 0.15) is 34.0 Å². The lowest BCUT2D eigenvalue weighted by Crippen LogP contribution is -2.34. The highest BCUT2D eigenvalue weighted by Gasteiger charge is 2.23. The molecule has 6 heterocycles. The molecule has 2 amide bonds. The molecule has 620 valence electrons. The predicted molar refractivity (Wildman–Crippen MR) is 483 cm³/mol. The highest BCUT2D eigenvalue weighted by atomic mass is 16.2. The average Bonchev–Trinajstić information content (AvgIpc) is 1.60. The van der Waals surface area contributed by atoms with Crippen LogP contribution in [0.3, 0.4) is 0 Å². The first-order chi connectivity index (χ1) is 56.8. The molecule has 0 unspecified atom stereocenters. The van der Waals surface area contributed by atoms with Crippen molar-refractivity contribution in [1.29, 1.82) is 0 Å². The molecule has 0 atom stereocenters. The molecule has 0 radical (unpaired) electrons. The summed E-state index contributed by atoms with van der Waals surface area (Å²) < 4.78 is 7.02. The zero-order valence-corrected chi connectivity index (χ0v) is 70.6. The Morgan fingerprint density at radius 1 is 0.345 bits per heavy atom. The van der Waals surface area contributed by atoms with Gasteiger partial charge in [-0.15, -0.1) is 0 Å². The first kappa shape index (κ1) is 88.5. The normalized spacial score (nSPS) is 11.6. The van der Waals surface area contributed by atoms with Crippen molar-refractivity contribution in [2.24, 2.45) is 11.5 Å². The van der Waals surface area contributed by atoms with Gasteiger partial charge in [-0.1, -0.05) is 227 Å². The van der Waals surface area contributed by atoms with Crippen molar-refractivity contribution in [3.63, 3.8) is 0 Å². The molecule has 12 aromatic rings. The molecule has 0 aliphatic carbocycles. The van der Waals surface area contributed by atoms with Crippen LogP contribution in [-0.4, -0.2) is 124 Å². The van der Waals surface area contributed by atoms with Gasteiger partial charge in [0, 0.05) is 114 Å². The van der Waals surface area contributed by atoms with Crippen molar-refractivity contribution in [2.45, 2.75) is 235 Å². The number of fused-ring (bicyclic) bond motifs is 9. The Labute approximate surface area is 689 Å². The number of benzene rings is 6. The molecule has 6 aromatic carbocycles. The molecule has 0 saturated carbocycles. The van der Waals surface area contributed by atoms with E-state index in [0.717, 1.165) is 238 Å². The molecule has 0 aliphatic rings. The lowest BCUT2D eigenvalue weighted by Gasteiger charge is -2.22. The van der Waals surface area contributed by atoms with Crippen molar-refractivity contribution >= 4 is 95.1 Å². The molecule has 6 aromatic heterocycles. The van der Waals surface area contributed by atoms with Gasteiger partial charge in [0.2, 0.25) is 11.8 Å². The van der Waals surface area contributed by atoms with Crippen LogP contribution in [0.1, 0.15) is 227 Å². The fourth-order valence-electron chi connectivity index (χ4n) is 15.3. The van der Waals surface area contributed by atoms with Crippen molar-refractivity contribution in [3.05, 3.63) is 196 Å². The summed E-state index contributed by atoms with van der Waals surface area (Å²) in [7, 11) is 0. The minimum absolute atomic E-state index is 0.0289. The summed E-state index contributed by atoms with van der Waals surface area (Å²) in [5, 5.41) is 12.9. The lowest BCUT2D eigenvalue weighted by atomic mass is 10.1. The minimum Gasteiger partial charge on any atom is -0.382 e. The zero-order chi connectivity index (χ0) is 81.8. The van der Waals surface area contributed by atoms with Crippen LogP contribution in [0, 0.1) is 0 Å². The summed E-state index contributed by atoms with van der Waals surface area (Å²) >= 11 is 0. The summed E-state index contributed by atoms with van der Waals surface area (Å²) in [6, 6.07) is 51.3. The number of carbonyl (C=O) groups is 2. The van der Waals surface area contributed by atoms with Gasteiger partial charge in [-0.3, -0.25) is 19.4 Å². The van der Waals surface area contributed by atoms with Crippen LogP contribution in [0.15, 0.2) is 146 Å². The van der Waals surface area contributed by atoms with E-state index in [-0.39, 0.29) is 11.8 Å². The molecule has 0 aliphatic heterocycles. The number of hydrogen-bond acceptors (Lipinski definition) is 16. The summed E-state index contributed by atoms with van der Waals surface area (Å²) in [5.41, 5.74) is 46.3. The number of rotatable bonds is 47. The Morgan fingerprint density at radius 2 is 0.655 bits per heavy atom. The Balaban J connectivity index is 0.000000187. The van der Waals surface area contributed by atoms with Gasteiger partial charge in [-0.2, -0.15) is 0 Å². The Bertz CT molecular complexity index is 4930. The number of nitrogens with zero attached hydrogens (tertiary/aromatic N) is 11. The third-order valence-corrected chi connectivity index (χ3v) is 21.9. The van der Waals surface area contributed by atoms with Gasteiger partial charge in [0.25, 0.3) is 0 Å². The Kier molecular flexibility index (Phi) is 36.1. The van der Waals surface area contributed by atoms with E-state index in [9.17, 15) is 9.59 Å². The second kappa shape index (κ2) is 47.3. The smallest absolute Gasteiger partial charge is 0.221 e. The molecule has 0 spiro atoms. The number of anilines is 3. The summed E-state index contributed by atoms with van der Waals surface area (Å²) in [5.74, 6) is 4.78. The number of para-hydroxylation sites is 3. The van der Waals surface area contributed by atoms with Gasteiger partial charge in [0.05, 0.1) is 33.1 Å². The minimum atomic E-state index is 0.0289. The van der Waals surface area contributed by atoms with Crippen molar-refractivity contribution in [1.82, 2.24) is 69.4 Å². The number of nitrogens with one attached hydrogen (secondary N) is 3. The van der Waals surface area contributed by atoms with Crippen molar-refractivity contribution in [3.8, 4) is 0 Å². The number of nitrogens with two attached hydrogens (primary N) is 5. The van der Waals surface area contributed by atoms with Gasteiger partial charge in [-0.05, 0) is 149 Å². The monoisotopic (exact) mass is 1570 g/mol. The molecule has 12 rings (SSSR count). The zero-order valence-electron chi connectivity index (χ0n) is 70.6. The maximum atomic E-state index is 12.5. The number of nitrogen functional groups attached to an aromatic ring is 3. The largest absolute Gasteiger partial charge is 0.382 e. The molecule has 21 heteroatoms. The third-order valence-electron chi connectivity index (χ3n) is 21.9. The van der Waals surface area contributed by atoms with Crippen LogP contribution in [0.5, 0.6) is 0 Å². The summed E-state index contributed by atoms with van der Waals surface area (Å²) in [6.07, 6.45) is 25.0. The number of pyridine rings is 3. The maximum Gasteiger partial charge on any atom is 0.221 e. The predicted octanol–water partition coefficient (Wildman–Crippen LogP) is 17.4. The van der Waals surface area contributed by atoms with E-state index in [1.165, 1.54) is 72.8 Å². The number of imidazole rings is 3. The van der Waals surface area contributed by atoms with E-state index in [1.807, 2.05) is 42.5 Å². The Morgan fingerprint density at radius 3 is 1.03 bits per heavy atom. The fourth-order valence-corrected chi connectivity index (χ4v) is 15.3. The van der Waals surface area contributed by atoms with E-state index in [4.69, 9.17) is 43.6 Å². The number of aromatic nitrogens is 9. The number of hydrogen-bond donors (Lipinski definition) is 8. The first-order valence-corrected chi connectivity index (χ1v) is 43.7. The molecule has 21 nitrogen and oxygen atoms in total. The maximum absolute atomic E-state index is 12.5. The van der Waals surface area contributed by atoms with Crippen LogP contribution in [0.4, 0.5) is 17.5 Å². The molecule has 13 N–H and O–H groups in total. The second-order valence-electron chi connectivity index (χ2n) is 31.3. The van der Waals surface area contributed by atoms with E-state index in [0.29, 0.717) is 76.1 Å². The number of carbonyl (C=O) groups excluding carboxylic acids is 2. The number of amides is 2. The SMILES string of the molecule is CCCCCN(CCCCN)Cc1ccc(Cn2c(CCCC)nc3c(N)nc4ccccc4c32)cc1.CCCCCNC(=O)CCN(CCC(=O)NCCCCN)Cc1ccc(Cn2c(CCCC)nc3c(N)nc4ccccc4c32)cc1.CCCCCNCc1ccc(Cn2c(CCCC)nc3c(N)nc4ccccc4c32)cc1. The molecular formula is C95H133N19O2. The van der Waals surface area contributed by atoms with Crippen LogP contribution >= 0.6 is 0 Å². The van der Waals surface area contributed by atoms with Gasteiger partial charge < -0.3 is 58.3 Å². The number of aryl methyl sites for hydroxylation is 3. The third kappa shape index (κ3) is 25.6. The van der Waals surface area contributed by atoms with Crippen LogP contribution in [0.25, 0.3) is 65.8 Å². The molecular weight excluding hydrogens is 1440 g/mol. The molecule has 116 heavy (non-hydrogen) atoms. The van der Waals surface area contributed by atoms with Gasteiger partial charge in [0.15, 0.2) is 17.5 Å². The summed E-state index contributed by atoms with van der Waals surface area (Å²) in [4.78, 5) is 58.6. The van der Waals surface area contributed by atoms with Crippen molar-refractivity contribution in [2.75, 3.05) is 76.1 Å². The van der Waals surface area contributed by atoms with Crippen LogP contribution in [-0.2, 0) is 68.1 Å². The second-order valence-corrected chi connectivity index (χ2v) is 31.3. The quantitative estimate of drug-likeness (QED) is 0.0164. The summed E-state index contributed by atoms with van der Waals surface area (Å²) in [6.45, 7) is 25.4. The fraction of sp³-hybridized carbons (Fsp3) is 0.474. The van der Waals surface area contributed by atoms with E-state index >= 15 is 0 Å². The van der Waals surface area contributed by atoms with Crippen LogP contribution < -0.4 is 44.6 Å².